The van der Waals surface area contributed by atoms with E-state index < -0.39 is 0 Å². The summed E-state index contributed by atoms with van der Waals surface area (Å²) in [6.07, 6.45) is 3.73. The molecule has 1 fully saturated rings. The minimum Gasteiger partial charge on any atom is -0.497 e. The van der Waals surface area contributed by atoms with Crippen molar-refractivity contribution in [2.45, 2.75) is 24.8 Å². The van der Waals surface area contributed by atoms with E-state index in [1.54, 1.807) is 7.11 Å². The molecule has 0 unspecified atom stereocenters. The normalized spacial score (nSPS) is 15.6. The number of rotatable bonds is 3. The Morgan fingerprint density at radius 3 is 2.53 bits per heavy atom. The molecule has 30 heavy (non-hydrogen) atoms. The van der Waals surface area contributed by atoms with Gasteiger partial charge in [0.25, 0.3) is 0 Å². The van der Waals surface area contributed by atoms with Crippen LogP contribution >= 0.6 is 0 Å². The Labute approximate surface area is 175 Å². The highest BCUT2D eigenvalue weighted by Gasteiger charge is 2.59. The van der Waals surface area contributed by atoms with Crippen LogP contribution in [0.1, 0.15) is 24.0 Å². The first-order chi connectivity index (χ1) is 14.7. The molecular formula is C25H23N3O2. The van der Waals surface area contributed by atoms with Gasteiger partial charge in [0.1, 0.15) is 5.75 Å². The second-order valence-corrected chi connectivity index (χ2v) is 7.80. The van der Waals surface area contributed by atoms with Gasteiger partial charge >= 0.3 is 0 Å². The number of ether oxygens (including phenoxy) is 1. The Morgan fingerprint density at radius 1 is 1.03 bits per heavy atom. The zero-order valence-electron chi connectivity index (χ0n) is 16.8. The summed E-state index contributed by atoms with van der Waals surface area (Å²) in [7, 11) is 1.67. The van der Waals surface area contributed by atoms with Crippen molar-refractivity contribution in [3.63, 3.8) is 0 Å². The lowest BCUT2D eigenvalue weighted by Gasteiger charge is -2.18. The van der Waals surface area contributed by atoms with Gasteiger partial charge in [-0.15, -0.1) is 0 Å². The molecule has 150 valence electrons. The highest BCUT2D eigenvalue weighted by atomic mass is 16.5. The van der Waals surface area contributed by atoms with Crippen molar-refractivity contribution in [2.24, 2.45) is 0 Å². The van der Waals surface area contributed by atoms with E-state index in [0.717, 1.165) is 46.3 Å². The van der Waals surface area contributed by atoms with E-state index in [-0.39, 0.29) is 11.3 Å². The summed E-state index contributed by atoms with van der Waals surface area (Å²) in [5.41, 5.74) is 4.17. The minimum absolute atomic E-state index is 0.245. The van der Waals surface area contributed by atoms with Crippen LogP contribution in [0.5, 0.6) is 5.75 Å². The molecule has 0 saturated heterocycles. The minimum atomic E-state index is -0.265. The smallest absolute Gasteiger partial charge is 0.238 e. The van der Waals surface area contributed by atoms with Crippen molar-refractivity contribution in [1.29, 1.82) is 0 Å². The number of hydrogen-bond donors (Lipinski definition) is 1. The highest BCUT2D eigenvalue weighted by Crippen LogP contribution is 2.58. The van der Waals surface area contributed by atoms with Gasteiger partial charge in [0.05, 0.1) is 30.8 Å². The molecule has 4 aromatic rings. The second-order valence-electron chi connectivity index (χ2n) is 7.80. The van der Waals surface area contributed by atoms with Crippen molar-refractivity contribution >= 4 is 22.5 Å². The number of amides is 1. The van der Waals surface area contributed by atoms with Gasteiger partial charge in [-0.3, -0.25) is 9.89 Å². The van der Waals surface area contributed by atoms with Gasteiger partial charge in [-0.05, 0) is 48.2 Å². The van der Waals surface area contributed by atoms with Crippen LogP contribution in [0.25, 0.3) is 10.9 Å². The van der Waals surface area contributed by atoms with E-state index in [1.807, 2.05) is 71.8 Å². The molecule has 1 aliphatic carbocycles. The van der Waals surface area contributed by atoms with Crippen molar-refractivity contribution < 1.29 is 9.53 Å². The standard InChI is InChI=1S/C18H17NO2.C7H6N2/c1-21-14-7-8-16-15(11-14)18(9-10-18)17(20)19(16)12-13-5-3-2-4-6-13;1-2-4-7-6(3-1)5-8-9-7/h2-8,11H,9-10,12H2,1H3;1-5H,(H,8,9). The molecule has 2 aliphatic rings. The molecular weight excluding hydrogens is 374 g/mol. The molecule has 3 aromatic carbocycles. The molecule has 2 heterocycles. The summed E-state index contributed by atoms with van der Waals surface area (Å²) in [5, 5.41) is 7.91. The van der Waals surface area contributed by atoms with Crippen LogP contribution in [-0.4, -0.2) is 23.2 Å². The average Bonchev–Trinajstić information content (AvgIpc) is 3.41. The fourth-order valence-corrected chi connectivity index (χ4v) is 4.16. The maximum Gasteiger partial charge on any atom is 0.238 e. The monoisotopic (exact) mass is 397 g/mol. The number of benzene rings is 3. The summed E-state index contributed by atoms with van der Waals surface area (Å²) in [6, 6.07) is 24.1. The molecule has 5 heteroatoms. The van der Waals surface area contributed by atoms with Crippen molar-refractivity contribution in [2.75, 3.05) is 12.0 Å². The first-order valence-corrected chi connectivity index (χ1v) is 10.1. The van der Waals surface area contributed by atoms with Crippen LogP contribution in [0.2, 0.25) is 0 Å². The summed E-state index contributed by atoms with van der Waals surface area (Å²) in [6.45, 7) is 0.640. The largest absolute Gasteiger partial charge is 0.497 e. The molecule has 6 rings (SSSR count). The van der Waals surface area contributed by atoms with Crippen LogP contribution in [0.3, 0.4) is 0 Å². The summed E-state index contributed by atoms with van der Waals surface area (Å²) >= 11 is 0. The molecule has 1 saturated carbocycles. The number of nitrogens with zero attached hydrogens (tertiary/aromatic N) is 2. The van der Waals surface area contributed by atoms with Gasteiger partial charge in [0.2, 0.25) is 5.91 Å². The first kappa shape index (κ1) is 18.4. The van der Waals surface area contributed by atoms with E-state index in [9.17, 15) is 4.79 Å². The fraction of sp³-hybridized carbons (Fsp3) is 0.200. The number of aromatic nitrogens is 2. The number of hydrogen-bond acceptors (Lipinski definition) is 3. The predicted molar refractivity (Wildman–Crippen MR) is 118 cm³/mol. The summed E-state index contributed by atoms with van der Waals surface area (Å²) < 4.78 is 5.32. The zero-order chi connectivity index (χ0) is 20.6. The lowest BCUT2D eigenvalue weighted by atomic mass is 9.98. The number of aromatic amines is 1. The van der Waals surface area contributed by atoms with Crippen LogP contribution in [0, 0.1) is 0 Å². The molecule has 1 aromatic heterocycles. The lowest BCUT2D eigenvalue weighted by molar-refractivity contribution is -0.120. The third-order valence-electron chi connectivity index (χ3n) is 5.95. The number of carbonyl (C=O) groups is 1. The Morgan fingerprint density at radius 2 is 1.80 bits per heavy atom. The van der Waals surface area contributed by atoms with E-state index in [4.69, 9.17) is 4.74 Å². The number of nitrogens with one attached hydrogen (secondary N) is 1. The Kier molecular flexibility index (Phi) is 4.51. The first-order valence-electron chi connectivity index (χ1n) is 10.1. The molecule has 0 atom stereocenters. The lowest BCUT2D eigenvalue weighted by Crippen LogP contribution is -2.31. The Bertz CT molecular complexity index is 1170. The molecule has 0 bridgehead atoms. The Hall–Kier alpha value is -3.60. The molecule has 1 spiro atoms. The summed E-state index contributed by atoms with van der Waals surface area (Å²) in [4.78, 5) is 14.8. The van der Waals surface area contributed by atoms with Crippen LogP contribution < -0.4 is 9.64 Å². The maximum atomic E-state index is 12.8. The number of carbonyl (C=O) groups excluding carboxylic acids is 1. The molecule has 5 nitrogen and oxygen atoms in total. The van der Waals surface area contributed by atoms with Crippen LogP contribution in [0.4, 0.5) is 5.69 Å². The van der Waals surface area contributed by atoms with Gasteiger partial charge in [-0.2, -0.15) is 5.10 Å². The van der Waals surface area contributed by atoms with Gasteiger partial charge < -0.3 is 9.64 Å². The topological polar surface area (TPSA) is 58.2 Å². The number of anilines is 1. The third-order valence-corrected chi connectivity index (χ3v) is 5.95. The Balaban J connectivity index is 0.000000178. The molecule has 1 amide bonds. The van der Waals surface area contributed by atoms with E-state index >= 15 is 0 Å². The number of H-pyrrole nitrogens is 1. The quantitative estimate of drug-likeness (QED) is 0.538. The van der Waals surface area contributed by atoms with Gasteiger partial charge in [-0.1, -0.05) is 48.5 Å². The molecule has 1 aliphatic heterocycles. The van der Waals surface area contributed by atoms with Gasteiger partial charge in [0, 0.05) is 11.1 Å². The zero-order valence-corrected chi connectivity index (χ0v) is 16.8. The second kappa shape index (κ2) is 7.34. The number of fused-ring (bicyclic) bond motifs is 3. The molecule has 0 radical (unpaired) electrons. The van der Waals surface area contributed by atoms with E-state index in [0.29, 0.717) is 6.54 Å². The van der Waals surface area contributed by atoms with Gasteiger partial charge in [-0.25, -0.2) is 0 Å². The number of para-hydroxylation sites is 1. The number of methoxy groups -OCH3 is 1. The van der Waals surface area contributed by atoms with E-state index in [2.05, 4.69) is 22.3 Å². The predicted octanol–water partition coefficient (Wildman–Crippen LogP) is 4.84. The maximum absolute atomic E-state index is 12.8. The van der Waals surface area contributed by atoms with Gasteiger partial charge in [0.15, 0.2) is 0 Å². The highest BCUT2D eigenvalue weighted by molar-refractivity contribution is 6.10. The third kappa shape index (κ3) is 3.12. The van der Waals surface area contributed by atoms with Crippen molar-refractivity contribution in [3.8, 4) is 5.75 Å². The average molecular weight is 397 g/mol. The van der Waals surface area contributed by atoms with E-state index in [1.165, 1.54) is 0 Å². The van der Waals surface area contributed by atoms with Crippen molar-refractivity contribution in [1.82, 2.24) is 10.2 Å². The fourth-order valence-electron chi connectivity index (χ4n) is 4.16. The summed E-state index contributed by atoms with van der Waals surface area (Å²) in [5.74, 6) is 1.07. The van der Waals surface area contributed by atoms with Crippen molar-refractivity contribution in [3.05, 3.63) is 90.1 Å². The van der Waals surface area contributed by atoms with Crippen LogP contribution in [-0.2, 0) is 16.8 Å². The van der Waals surface area contributed by atoms with Crippen LogP contribution in [0.15, 0.2) is 79.0 Å². The molecule has 1 N–H and O–H groups in total. The SMILES string of the molecule is COc1ccc2c(c1)C1(CC1)C(=O)N2Cc1ccccc1.c1ccc2[nH]ncc2c1.